The fourth-order valence-corrected chi connectivity index (χ4v) is 7.43. The summed E-state index contributed by atoms with van der Waals surface area (Å²) in [6, 6.07) is 0. The summed E-state index contributed by atoms with van der Waals surface area (Å²) >= 11 is 0. The van der Waals surface area contributed by atoms with Gasteiger partial charge in [-0.15, -0.1) is 0 Å². The van der Waals surface area contributed by atoms with Gasteiger partial charge in [0.2, 0.25) is 0 Å². The van der Waals surface area contributed by atoms with Gasteiger partial charge in [0, 0.05) is 13.0 Å². The highest BCUT2D eigenvalue weighted by Gasteiger charge is 2.44. The maximum Gasteiger partial charge on any atom is 0.306 e. The summed E-state index contributed by atoms with van der Waals surface area (Å²) in [6.45, 7) is 4.46. The molecule has 0 aliphatic carbocycles. The van der Waals surface area contributed by atoms with E-state index in [0.717, 1.165) is 57.8 Å². The highest BCUT2D eigenvalue weighted by molar-refractivity contribution is 5.69. The number of unbranched alkanes of at least 4 members (excludes halogenated alkanes) is 23. The molecule has 1 saturated heterocycles. The van der Waals surface area contributed by atoms with Crippen LogP contribution < -0.4 is 0 Å². The molecule has 0 spiro atoms. The Morgan fingerprint density at radius 1 is 0.550 bits per heavy atom. The molecule has 6 unspecified atom stereocenters. The number of allylic oxidation sites excluding steroid dienone is 8. The summed E-state index contributed by atoms with van der Waals surface area (Å²) in [5.41, 5.74) is 0. The quantitative estimate of drug-likeness (QED) is 0.0269. The first-order valence-corrected chi connectivity index (χ1v) is 24.7. The van der Waals surface area contributed by atoms with E-state index in [1.54, 1.807) is 0 Å². The molecule has 0 aromatic heterocycles. The Hall–Kier alpha value is -1.85. The largest absolute Gasteiger partial charge is 0.457 e. The number of carbonyl (C=O) groups is 1. The topological polar surface area (TPSA) is 135 Å². The predicted octanol–water partition coefficient (Wildman–Crippen LogP) is 11.7. The molecule has 9 nitrogen and oxygen atoms in total. The third kappa shape index (κ3) is 32.8. The maximum atomic E-state index is 12.8. The molecule has 9 heteroatoms. The maximum absolute atomic E-state index is 12.8. The average Bonchev–Trinajstić information content (AvgIpc) is 3.25. The molecule has 6 atom stereocenters. The highest BCUT2D eigenvalue weighted by Crippen LogP contribution is 2.23. The van der Waals surface area contributed by atoms with Gasteiger partial charge in [-0.25, -0.2) is 0 Å². The molecule has 4 N–H and O–H groups in total. The molecule has 350 valence electrons. The van der Waals surface area contributed by atoms with Crippen LogP contribution >= 0.6 is 0 Å². The van der Waals surface area contributed by atoms with Gasteiger partial charge in [0.25, 0.3) is 0 Å². The van der Waals surface area contributed by atoms with Gasteiger partial charge in [0.1, 0.15) is 30.5 Å². The first-order valence-electron chi connectivity index (χ1n) is 24.7. The van der Waals surface area contributed by atoms with E-state index in [0.29, 0.717) is 13.0 Å². The zero-order valence-corrected chi connectivity index (χ0v) is 38.5. The van der Waals surface area contributed by atoms with E-state index < -0.39 is 43.4 Å². The number of hydrogen-bond donors (Lipinski definition) is 4. The Morgan fingerprint density at radius 2 is 1.02 bits per heavy atom. The van der Waals surface area contributed by atoms with Crippen LogP contribution in [-0.2, 0) is 23.7 Å². The molecule has 1 rings (SSSR count). The Kier molecular flexibility index (Phi) is 39.7. The third-order valence-corrected chi connectivity index (χ3v) is 11.3. The van der Waals surface area contributed by atoms with Crippen molar-refractivity contribution in [1.29, 1.82) is 0 Å². The van der Waals surface area contributed by atoms with Gasteiger partial charge in [0.05, 0.1) is 19.8 Å². The lowest BCUT2D eigenvalue weighted by Gasteiger charge is -2.39. The first-order chi connectivity index (χ1) is 29.4. The summed E-state index contributed by atoms with van der Waals surface area (Å²) in [7, 11) is 0. The van der Waals surface area contributed by atoms with Gasteiger partial charge < -0.3 is 39.4 Å². The van der Waals surface area contributed by atoms with Crippen molar-refractivity contribution in [3.05, 3.63) is 48.6 Å². The van der Waals surface area contributed by atoms with Crippen molar-refractivity contribution in [2.45, 2.75) is 243 Å². The minimum absolute atomic E-state index is 0.112. The van der Waals surface area contributed by atoms with Gasteiger partial charge in [0.15, 0.2) is 6.29 Å². The lowest BCUT2D eigenvalue weighted by molar-refractivity contribution is -0.305. The number of ether oxygens (including phenoxy) is 4. The van der Waals surface area contributed by atoms with E-state index in [9.17, 15) is 25.2 Å². The molecule has 0 radical (unpaired) electrons. The number of carbonyl (C=O) groups excluding carboxylic acids is 1. The van der Waals surface area contributed by atoms with Gasteiger partial charge in [-0.1, -0.05) is 197 Å². The molecule has 1 fully saturated rings. The Labute approximate surface area is 367 Å². The fourth-order valence-electron chi connectivity index (χ4n) is 7.43. The van der Waals surface area contributed by atoms with Crippen molar-refractivity contribution >= 4 is 5.97 Å². The highest BCUT2D eigenvalue weighted by atomic mass is 16.7. The standard InChI is InChI=1S/C51H92O9/c1-3-5-7-9-11-13-15-17-18-19-20-21-22-23-24-25-26-27-28-29-30-32-34-36-38-40-47(53)59-45(44-58-51-50(56)49(55)48(54)46(42-52)60-51)43-57-41-39-37-35-33-31-16-14-12-10-8-6-4-2/h5,7,11,13,17-18,20-21,45-46,48-52,54-56H,3-4,6,8-10,12,14-16,19,22-44H2,1-2H3/b7-5-,13-11-,18-17-,21-20-. The van der Waals surface area contributed by atoms with Gasteiger partial charge >= 0.3 is 5.97 Å². The van der Waals surface area contributed by atoms with Crippen molar-refractivity contribution in [1.82, 2.24) is 0 Å². The van der Waals surface area contributed by atoms with E-state index in [2.05, 4.69) is 62.5 Å². The van der Waals surface area contributed by atoms with Gasteiger partial charge in [-0.3, -0.25) is 4.79 Å². The second kappa shape index (κ2) is 42.5. The van der Waals surface area contributed by atoms with Crippen molar-refractivity contribution in [3.63, 3.8) is 0 Å². The van der Waals surface area contributed by atoms with E-state index in [4.69, 9.17) is 18.9 Å². The predicted molar refractivity (Wildman–Crippen MR) is 247 cm³/mol. The fraction of sp³-hybridized carbons (Fsp3) is 0.824. The molecular weight excluding hydrogens is 757 g/mol. The SMILES string of the molecule is CC/C=C\C/C=C\C/C=C\C/C=C\CCCCCCCCCCCCCCC(=O)OC(COCCCCCCCCCCCCCC)COC1OC(CO)C(O)C(O)C1O. The molecule has 60 heavy (non-hydrogen) atoms. The van der Waals surface area contributed by atoms with Crippen LogP contribution in [0.3, 0.4) is 0 Å². The normalized spacial score (nSPS) is 20.4. The van der Waals surface area contributed by atoms with Crippen molar-refractivity contribution in [2.24, 2.45) is 0 Å². The summed E-state index contributed by atoms with van der Waals surface area (Å²) in [5.74, 6) is -0.315. The molecule has 0 aromatic carbocycles. The summed E-state index contributed by atoms with van der Waals surface area (Å²) in [6.07, 6.45) is 45.7. The Bertz CT molecular complexity index is 1060. The second-order valence-corrected chi connectivity index (χ2v) is 16.9. The van der Waals surface area contributed by atoms with Gasteiger partial charge in [-0.05, 0) is 51.4 Å². The second-order valence-electron chi connectivity index (χ2n) is 16.9. The number of esters is 1. The van der Waals surface area contributed by atoms with Crippen LogP contribution in [0.1, 0.15) is 206 Å². The molecule has 0 saturated carbocycles. The van der Waals surface area contributed by atoms with Crippen LogP contribution in [-0.4, -0.2) is 89.6 Å². The number of rotatable bonds is 42. The molecular formula is C51H92O9. The average molecular weight is 849 g/mol. The molecule has 1 heterocycles. The molecule has 1 aliphatic heterocycles. The van der Waals surface area contributed by atoms with Crippen LogP contribution in [0, 0.1) is 0 Å². The Morgan fingerprint density at radius 3 is 1.53 bits per heavy atom. The van der Waals surface area contributed by atoms with E-state index in [-0.39, 0.29) is 19.2 Å². The molecule has 0 amide bonds. The number of aliphatic hydroxyl groups is 4. The summed E-state index contributed by atoms with van der Waals surface area (Å²) < 4.78 is 22.8. The van der Waals surface area contributed by atoms with Crippen LogP contribution in [0.5, 0.6) is 0 Å². The monoisotopic (exact) mass is 849 g/mol. The summed E-state index contributed by atoms with van der Waals surface area (Å²) in [4.78, 5) is 12.8. The minimum atomic E-state index is -1.54. The number of aliphatic hydroxyl groups excluding tert-OH is 4. The van der Waals surface area contributed by atoms with Gasteiger partial charge in [-0.2, -0.15) is 0 Å². The van der Waals surface area contributed by atoms with Crippen molar-refractivity contribution in [3.8, 4) is 0 Å². The molecule has 0 bridgehead atoms. The van der Waals surface area contributed by atoms with Crippen LogP contribution in [0.4, 0.5) is 0 Å². The first kappa shape index (κ1) is 56.2. The van der Waals surface area contributed by atoms with E-state index >= 15 is 0 Å². The number of hydrogen-bond acceptors (Lipinski definition) is 9. The summed E-state index contributed by atoms with van der Waals surface area (Å²) in [5, 5.41) is 40.2. The van der Waals surface area contributed by atoms with Crippen molar-refractivity contribution < 1.29 is 44.2 Å². The molecule has 0 aromatic rings. The van der Waals surface area contributed by atoms with E-state index in [1.165, 1.54) is 128 Å². The smallest absolute Gasteiger partial charge is 0.306 e. The van der Waals surface area contributed by atoms with Crippen LogP contribution in [0.2, 0.25) is 0 Å². The van der Waals surface area contributed by atoms with E-state index in [1.807, 2.05) is 0 Å². The lowest BCUT2D eigenvalue weighted by atomic mass is 9.99. The minimum Gasteiger partial charge on any atom is -0.457 e. The van der Waals surface area contributed by atoms with Crippen LogP contribution in [0.25, 0.3) is 0 Å². The van der Waals surface area contributed by atoms with Crippen LogP contribution in [0.15, 0.2) is 48.6 Å². The zero-order valence-electron chi connectivity index (χ0n) is 38.5. The third-order valence-electron chi connectivity index (χ3n) is 11.3. The lowest BCUT2D eigenvalue weighted by Crippen LogP contribution is -2.59. The molecule has 1 aliphatic rings. The van der Waals surface area contributed by atoms with Crippen molar-refractivity contribution in [2.75, 3.05) is 26.4 Å². The Balaban J connectivity index is 2.17. The zero-order chi connectivity index (χ0) is 43.6.